The number of benzene rings is 3. The van der Waals surface area contributed by atoms with E-state index in [0.717, 1.165) is 4.47 Å². The molecule has 0 amide bonds. The van der Waals surface area contributed by atoms with Crippen molar-refractivity contribution in [2.24, 2.45) is 0 Å². The van der Waals surface area contributed by atoms with Crippen LogP contribution in [-0.4, -0.2) is 22.6 Å². The molecule has 0 aromatic heterocycles. The highest BCUT2D eigenvalue weighted by molar-refractivity contribution is 9.10. The molecular formula is C20H18BrNO5S. The SMILES string of the molecule is COc1ccc(NS(=O)(=O)c2ccc(Oc3ccc(Br)cc3)cc2)c(OC)c1. The van der Waals surface area contributed by atoms with Crippen molar-refractivity contribution < 1.29 is 22.6 Å². The summed E-state index contributed by atoms with van der Waals surface area (Å²) in [7, 11) is -0.810. The fourth-order valence-electron chi connectivity index (χ4n) is 2.41. The number of anilines is 1. The maximum Gasteiger partial charge on any atom is 0.262 e. The molecule has 0 spiro atoms. The van der Waals surface area contributed by atoms with Gasteiger partial charge in [-0.05, 0) is 60.7 Å². The van der Waals surface area contributed by atoms with Gasteiger partial charge in [0.2, 0.25) is 0 Å². The maximum atomic E-state index is 12.7. The van der Waals surface area contributed by atoms with Gasteiger partial charge in [-0.1, -0.05) is 15.9 Å². The smallest absolute Gasteiger partial charge is 0.262 e. The van der Waals surface area contributed by atoms with Crippen molar-refractivity contribution in [3.05, 3.63) is 71.2 Å². The average Bonchev–Trinajstić information content (AvgIpc) is 2.70. The summed E-state index contributed by atoms with van der Waals surface area (Å²) >= 11 is 3.36. The van der Waals surface area contributed by atoms with Gasteiger partial charge < -0.3 is 14.2 Å². The first kappa shape index (κ1) is 20.0. The van der Waals surface area contributed by atoms with Gasteiger partial charge in [-0.25, -0.2) is 8.42 Å². The highest BCUT2D eigenvalue weighted by Gasteiger charge is 2.17. The molecule has 0 radical (unpaired) electrons. The Morgan fingerprint density at radius 3 is 1.93 bits per heavy atom. The van der Waals surface area contributed by atoms with Crippen LogP contribution in [0, 0.1) is 0 Å². The first-order valence-corrected chi connectivity index (χ1v) is 10.5. The van der Waals surface area contributed by atoms with Gasteiger partial charge in [-0.3, -0.25) is 4.72 Å². The lowest BCUT2D eigenvalue weighted by Crippen LogP contribution is -2.13. The molecule has 0 atom stereocenters. The second-order valence-corrected chi connectivity index (χ2v) is 8.30. The zero-order valence-corrected chi connectivity index (χ0v) is 17.6. The van der Waals surface area contributed by atoms with Crippen molar-refractivity contribution in [2.45, 2.75) is 4.90 Å². The van der Waals surface area contributed by atoms with E-state index in [2.05, 4.69) is 20.7 Å². The van der Waals surface area contributed by atoms with Crippen LogP contribution < -0.4 is 18.9 Å². The topological polar surface area (TPSA) is 73.9 Å². The Bertz CT molecular complexity index is 1050. The molecule has 146 valence electrons. The van der Waals surface area contributed by atoms with E-state index in [0.29, 0.717) is 28.7 Å². The number of ether oxygens (including phenoxy) is 3. The van der Waals surface area contributed by atoms with E-state index in [-0.39, 0.29) is 4.90 Å². The lowest BCUT2D eigenvalue weighted by Gasteiger charge is -2.13. The predicted octanol–water partition coefficient (Wildman–Crippen LogP) is 5.06. The standard InChI is InChI=1S/C20H18BrNO5S/c1-25-17-9-12-19(20(13-17)26-2)22-28(23,24)18-10-7-16(8-11-18)27-15-5-3-14(21)4-6-15/h3-13,22H,1-2H3. The van der Waals surface area contributed by atoms with Crippen molar-refractivity contribution in [1.82, 2.24) is 0 Å². The van der Waals surface area contributed by atoms with E-state index >= 15 is 0 Å². The molecule has 3 aromatic carbocycles. The molecule has 28 heavy (non-hydrogen) atoms. The Labute approximate surface area is 172 Å². The Morgan fingerprint density at radius 1 is 0.786 bits per heavy atom. The van der Waals surface area contributed by atoms with Gasteiger partial charge in [0.1, 0.15) is 23.0 Å². The van der Waals surface area contributed by atoms with Crippen LogP contribution in [-0.2, 0) is 10.0 Å². The first-order valence-electron chi connectivity index (χ1n) is 8.19. The quantitative estimate of drug-likeness (QED) is 0.529. The molecule has 0 aliphatic heterocycles. The fraction of sp³-hybridized carbons (Fsp3) is 0.100. The molecule has 0 heterocycles. The van der Waals surface area contributed by atoms with E-state index in [9.17, 15) is 8.42 Å². The highest BCUT2D eigenvalue weighted by Crippen LogP contribution is 2.31. The third-order valence-electron chi connectivity index (χ3n) is 3.84. The summed E-state index contributed by atoms with van der Waals surface area (Å²) < 4.78 is 44.9. The van der Waals surface area contributed by atoms with Gasteiger partial charge in [0.15, 0.2) is 0 Å². The Hall–Kier alpha value is -2.71. The number of halogens is 1. The Kier molecular flexibility index (Phi) is 6.11. The first-order chi connectivity index (χ1) is 13.4. The second kappa shape index (κ2) is 8.53. The van der Waals surface area contributed by atoms with Crippen molar-refractivity contribution in [1.29, 1.82) is 0 Å². The number of hydrogen-bond acceptors (Lipinski definition) is 5. The number of methoxy groups -OCH3 is 2. The van der Waals surface area contributed by atoms with Crippen molar-refractivity contribution in [2.75, 3.05) is 18.9 Å². The summed E-state index contributed by atoms with van der Waals surface area (Å²) in [6.07, 6.45) is 0. The van der Waals surface area contributed by atoms with Crippen LogP contribution >= 0.6 is 15.9 Å². The van der Waals surface area contributed by atoms with Gasteiger partial charge >= 0.3 is 0 Å². The lowest BCUT2D eigenvalue weighted by molar-refractivity contribution is 0.395. The number of hydrogen-bond donors (Lipinski definition) is 1. The zero-order chi connectivity index (χ0) is 20.1. The molecule has 3 rings (SSSR count). The second-order valence-electron chi connectivity index (χ2n) is 5.70. The minimum atomic E-state index is -3.79. The average molecular weight is 464 g/mol. The summed E-state index contributed by atoms with van der Waals surface area (Å²) in [5.74, 6) is 2.11. The van der Waals surface area contributed by atoms with Crippen LogP contribution in [0.3, 0.4) is 0 Å². The van der Waals surface area contributed by atoms with E-state index < -0.39 is 10.0 Å². The van der Waals surface area contributed by atoms with E-state index in [1.54, 1.807) is 30.3 Å². The number of rotatable bonds is 7. The zero-order valence-electron chi connectivity index (χ0n) is 15.2. The molecule has 8 heteroatoms. The van der Waals surface area contributed by atoms with E-state index in [1.807, 2.05) is 24.3 Å². The fourth-order valence-corrected chi connectivity index (χ4v) is 3.75. The minimum absolute atomic E-state index is 0.105. The molecule has 3 aromatic rings. The molecule has 0 saturated heterocycles. The van der Waals surface area contributed by atoms with Crippen LogP contribution in [0.25, 0.3) is 0 Å². The Morgan fingerprint density at radius 2 is 1.36 bits per heavy atom. The molecule has 1 N–H and O–H groups in total. The summed E-state index contributed by atoms with van der Waals surface area (Å²) in [5.41, 5.74) is 0.318. The van der Waals surface area contributed by atoms with Crippen molar-refractivity contribution in [3.63, 3.8) is 0 Å². The predicted molar refractivity (Wildman–Crippen MR) is 111 cm³/mol. The molecule has 0 saturated carbocycles. The minimum Gasteiger partial charge on any atom is -0.497 e. The largest absolute Gasteiger partial charge is 0.497 e. The third kappa shape index (κ3) is 4.76. The van der Waals surface area contributed by atoms with Gasteiger partial charge in [-0.2, -0.15) is 0 Å². The highest BCUT2D eigenvalue weighted by atomic mass is 79.9. The van der Waals surface area contributed by atoms with Crippen LogP contribution in [0.2, 0.25) is 0 Å². The van der Waals surface area contributed by atoms with Gasteiger partial charge in [0, 0.05) is 10.5 Å². The summed E-state index contributed by atoms with van der Waals surface area (Å²) in [5, 5.41) is 0. The van der Waals surface area contributed by atoms with Gasteiger partial charge in [0.25, 0.3) is 10.0 Å². The Balaban J connectivity index is 1.78. The summed E-state index contributed by atoms with van der Waals surface area (Å²) in [4.78, 5) is 0.105. The third-order valence-corrected chi connectivity index (χ3v) is 5.75. The maximum absolute atomic E-state index is 12.7. The molecule has 0 bridgehead atoms. The van der Waals surface area contributed by atoms with Crippen LogP contribution in [0.15, 0.2) is 76.1 Å². The number of nitrogens with one attached hydrogen (secondary N) is 1. The molecule has 6 nitrogen and oxygen atoms in total. The van der Waals surface area contributed by atoms with Crippen LogP contribution in [0.5, 0.6) is 23.0 Å². The van der Waals surface area contributed by atoms with Crippen LogP contribution in [0.4, 0.5) is 5.69 Å². The van der Waals surface area contributed by atoms with E-state index in [1.165, 1.54) is 26.4 Å². The van der Waals surface area contributed by atoms with Gasteiger partial charge in [0.05, 0.1) is 24.8 Å². The van der Waals surface area contributed by atoms with Crippen molar-refractivity contribution >= 4 is 31.6 Å². The van der Waals surface area contributed by atoms with E-state index in [4.69, 9.17) is 14.2 Å². The normalized spacial score (nSPS) is 11.0. The molecular weight excluding hydrogens is 446 g/mol. The molecule has 0 fully saturated rings. The molecule has 0 aliphatic rings. The van der Waals surface area contributed by atoms with Crippen molar-refractivity contribution in [3.8, 4) is 23.0 Å². The lowest BCUT2D eigenvalue weighted by atomic mass is 10.3. The number of sulfonamides is 1. The summed E-state index contributed by atoms with van der Waals surface area (Å²) in [6, 6.07) is 18.3. The summed E-state index contributed by atoms with van der Waals surface area (Å²) in [6.45, 7) is 0. The van der Waals surface area contributed by atoms with Gasteiger partial charge in [-0.15, -0.1) is 0 Å². The van der Waals surface area contributed by atoms with Crippen LogP contribution in [0.1, 0.15) is 0 Å². The molecule has 0 unspecified atom stereocenters. The molecule has 0 aliphatic carbocycles. The monoisotopic (exact) mass is 463 g/mol.